The van der Waals surface area contributed by atoms with E-state index in [9.17, 15) is 5.11 Å². The van der Waals surface area contributed by atoms with Crippen molar-refractivity contribution in [3.8, 4) is 5.75 Å². The average Bonchev–Trinajstić information content (AvgIpc) is 2.62. The maximum absolute atomic E-state index is 10.6. The molecule has 122 valence electrons. The highest BCUT2D eigenvalue weighted by Gasteiger charge is 2.14. The number of nitrogen functional groups attached to an aromatic ring is 1. The molecule has 1 atom stereocenters. The van der Waals surface area contributed by atoms with Gasteiger partial charge in [-0.05, 0) is 41.5 Å². The molecular formula is C20H18ClNO2. The van der Waals surface area contributed by atoms with Crippen LogP contribution >= 0.6 is 11.6 Å². The summed E-state index contributed by atoms with van der Waals surface area (Å²) in [5.74, 6) is 0.691. The average molecular weight is 340 g/mol. The minimum Gasteiger partial charge on any atom is -0.489 e. The number of anilines is 1. The fourth-order valence-corrected chi connectivity index (χ4v) is 2.66. The number of hydrogen-bond donors (Lipinski definition) is 2. The first-order valence-corrected chi connectivity index (χ1v) is 8.01. The standard InChI is InChI=1S/C20H18ClNO2/c21-16-9-10-19(22)18(12-16)20(23)15-7-4-8-17(11-15)24-13-14-5-2-1-3-6-14/h1-12,20,23H,13,22H2. The summed E-state index contributed by atoms with van der Waals surface area (Å²) in [7, 11) is 0. The molecule has 0 spiro atoms. The molecule has 0 aliphatic rings. The molecule has 0 radical (unpaired) electrons. The second-order valence-electron chi connectivity index (χ2n) is 5.52. The van der Waals surface area contributed by atoms with Crippen LogP contribution in [0.1, 0.15) is 22.8 Å². The molecule has 0 aliphatic heterocycles. The third-order valence-corrected chi connectivity index (χ3v) is 4.00. The van der Waals surface area contributed by atoms with Crippen LogP contribution in [-0.4, -0.2) is 5.11 Å². The minimum absolute atomic E-state index is 0.472. The van der Waals surface area contributed by atoms with Gasteiger partial charge in [0.05, 0.1) is 0 Å². The van der Waals surface area contributed by atoms with Gasteiger partial charge in [-0.1, -0.05) is 54.1 Å². The van der Waals surface area contributed by atoms with Gasteiger partial charge in [0.15, 0.2) is 0 Å². The number of benzene rings is 3. The first-order chi connectivity index (χ1) is 11.6. The van der Waals surface area contributed by atoms with Crippen molar-refractivity contribution in [2.45, 2.75) is 12.7 Å². The Morgan fingerprint density at radius 1 is 0.958 bits per heavy atom. The van der Waals surface area contributed by atoms with Crippen LogP contribution in [0.25, 0.3) is 0 Å². The summed E-state index contributed by atoms with van der Waals surface area (Å²) < 4.78 is 5.80. The molecule has 0 aliphatic carbocycles. The van der Waals surface area contributed by atoms with Crippen molar-refractivity contribution in [2.24, 2.45) is 0 Å². The second-order valence-corrected chi connectivity index (χ2v) is 5.96. The van der Waals surface area contributed by atoms with Gasteiger partial charge in [0, 0.05) is 16.3 Å². The predicted molar refractivity (Wildman–Crippen MR) is 97.1 cm³/mol. The molecule has 3 rings (SSSR count). The first-order valence-electron chi connectivity index (χ1n) is 7.63. The van der Waals surface area contributed by atoms with Gasteiger partial charge in [-0.15, -0.1) is 0 Å². The lowest BCUT2D eigenvalue weighted by molar-refractivity contribution is 0.220. The monoisotopic (exact) mass is 339 g/mol. The first kappa shape index (κ1) is 16.4. The molecule has 24 heavy (non-hydrogen) atoms. The Balaban J connectivity index is 1.78. The highest BCUT2D eigenvalue weighted by atomic mass is 35.5. The highest BCUT2D eigenvalue weighted by Crippen LogP contribution is 2.30. The SMILES string of the molecule is Nc1ccc(Cl)cc1C(O)c1cccc(OCc2ccccc2)c1. The molecule has 0 fully saturated rings. The molecule has 3 N–H and O–H groups in total. The third kappa shape index (κ3) is 3.88. The quantitative estimate of drug-likeness (QED) is 0.669. The van der Waals surface area contributed by atoms with Gasteiger partial charge in [0.25, 0.3) is 0 Å². The predicted octanol–water partition coefficient (Wildman–Crippen LogP) is 4.58. The molecule has 0 saturated heterocycles. The van der Waals surface area contributed by atoms with E-state index in [-0.39, 0.29) is 0 Å². The van der Waals surface area contributed by atoms with Crippen molar-refractivity contribution in [1.29, 1.82) is 0 Å². The van der Waals surface area contributed by atoms with Gasteiger partial charge in [0.1, 0.15) is 18.5 Å². The molecule has 0 aromatic heterocycles. The molecule has 3 aromatic rings. The van der Waals surface area contributed by atoms with E-state index in [1.54, 1.807) is 18.2 Å². The topological polar surface area (TPSA) is 55.5 Å². The number of rotatable bonds is 5. The number of halogens is 1. The molecule has 0 bridgehead atoms. The van der Waals surface area contributed by atoms with Crippen LogP contribution in [0.2, 0.25) is 5.02 Å². The Labute approximate surface area is 146 Å². The third-order valence-electron chi connectivity index (χ3n) is 3.77. The van der Waals surface area contributed by atoms with Crippen molar-refractivity contribution < 1.29 is 9.84 Å². The lowest BCUT2D eigenvalue weighted by Crippen LogP contribution is -2.04. The van der Waals surface area contributed by atoms with Gasteiger partial charge in [-0.25, -0.2) is 0 Å². The maximum Gasteiger partial charge on any atom is 0.120 e. The molecule has 0 heterocycles. The van der Waals surface area contributed by atoms with Crippen LogP contribution in [0, 0.1) is 0 Å². The van der Waals surface area contributed by atoms with Crippen LogP contribution < -0.4 is 10.5 Å². The van der Waals surface area contributed by atoms with Gasteiger partial charge < -0.3 is 15.6 Å². The summed E-state index contributed by atoms with van der Waals surface area (Å²) in [4.78, 5) is 0. The van der Waals surface area contributed by atoms with Crippen molar-refractivity contribution in [3.05, 3.63) is 94.5 Å². The van der Waals surface area contributed by atoms with Gasteiger partial charge >= 0.3 is 0 Å². The minimum atomic E-state index is -0.857. The zero-order valence-electron chi connectivity index (χ0n) is 13.0. The Bertz CT molecular complexity index is 821. The highest BCUT2D eigenvalue weighted by molar-refractivity contribution is 6.30. The molecule has 3 nitrogen and oxygen atoms in total. The summed E-state index contributed by atoms with van der Waals surface area (Å²) in [6, 6.07) is 22.4. The summed E-state index contributed by atoms with van der Waals surface area (Å²) in [5, 5.41) is 11.1. The van der Waals surface area contributed by atoms with Crippen molar-refractivity contribution in [3.63, 3.8) is 0 Å². The van der Waals surface area contributed by atoms with Crippen LogP contribution in [0.3, 0.4) is 0 Å². The fraction of sp³-hybridized carbons (Fsp3) is 0.100. The van der Waals surface area contributed by atoms with Crippen molar-refractivity contribution in [2.75, 3.05) is 5.73 Å². The number of aliphatic hydroxyl groups excluding tert-OH is 1. The Morgan fingerprint density at radius 3 is 2.54 bits per heavy atom. The lowest BCUT2D eigenvalue weighted by Gasteiger charge is -2.15. The Kier molecular flexibility index (Phi) is 5.04. The van der Waals surface area contributed by atoms with E-state index >= 15 is 0 Å². The molecule has 3 aromatic carbocycles. The van der Waals surface area contributed by atoms with Crippen LogP contribution in [-0.2, 0) is 6.61 Å². The van der Waals surface area contributed by atoms with Crippen LogP contribution in [0.4, 0.5) is 5.69 Å². The van der Waals surface area contributed by atoms with E-state index in [0.717, 1.165) is 5.56 Å². The zero-order chi connectivity index (χ0) is 16.9. The van der Waals surface area contributed by atoms with E-state index in [2.05, 4.69) is 0 Å². The molecule has 0 saturated carbocycles. The summed E-state index contributed by atoms with van der Waals surface area (Å²) in [6.45, 7) is 0.472. The van der Waals surface area contributed by atoms with Crippen LogP contribution in [0.5, 0.6) is 5.75 Å². The number of nitrogens with two attached hydrogens (primary N) is 1. The summed E-state index contributed by atoms with van der Waals surface area (Å²) >= 11 is 6.01. The summed E-state index contributed by atoms with van der Waals surface area (Å²) in [6.07, 6.45) is -0.857. The number of aliphatic hydroxyl groups is 1. The van der Waals surface area contributed by atoms with E-state index in [1.165, 1.54) is 0 Å². The van der Waals surface area contributed by atoms with Gasteiger partial charge in [0.2, 0.25) is 0 Å². The number of ether oxygens (including phenoxy) is 1. The summed E-state index contributed by atoms with van der Waals surface area (Å²) in [5.41, 5.74) is 8.83. The van der Waals surface area contributed by atoms with Crippen molar-refractivity contribution >= 4 is 17.3 Å². The molecule has 0 amide bonds. The molecule has 4 heteroatoms. The zero-order valence-corrected chi connectivity index (χ0v) is 13.8. The smallest absolute Gasteiger partial charge is 0.120 e. The molecular weight excluding hydrogens is 322 g/mol. The van der Waals surface area contributed by atoms with Gasteiger partial charge in [-0.3, -0.25) is 0 Å². The van der Waals surface area contributed by atoms with Gasteiger partial charge in [-0.2, -0.15) is 0 Å². The normalized spacial score (nSPS) is 11.9. The largest absolute Gasteiger partial charge is 0.489 e. The molecule has 1 unspecified atom stereocenters. The van der Waals surface area contributed by atoms with Crippen molar-refractivity contribution in [1.82, 2.24) is 0 Å². The fourth-order valence-electron chi connectivity index (χ4n) is 2.48. The maximum atomic E-state index is 10.6. The van der Waals surface area contributed by atoms with E-state index in [1.807, 2.05) is 54.6 Å². The Morgan fingerprint density at radius 2 is 1.75 bits per heavy atom. The Hall–Kier alpha value is -2.49. The van der Waals surface area contributed by atoms with E-state index in [4.69, 9.17) is 22.1 Å². The second kappa shape index (κ2) is 7.39. The van der Waals surface area contributed by atoms with E-state index < -0.39 is 6.10 Å². The lowest BCUT2D eigenvalue weighted by atomic mass is 10.00. The number of hydrogen-bond acceptors (Lipinski definition) is 3. The van der Waals surface area contributed by atoms with Crippen LogP contribution in [0.15, 0.2) is 72.8 Å². The van der Waals surface area contributed by atoms with E-state index in [0.29, 0.717) is 34.2 Å².